The molecule has 0 amide bonds. The zero-order valence-electron chi connectivity index (χ0n) is 8.44. The van der Waals surface area contributed by atoms with E-state index >= 15 is 0 Å². The number of carbonyl (C=O) groups is 1. The number of carboxylic acid groups (broad SMARTS) is 1. The lowest BCUT2D eigenvalue weighted by Crippen LogP contribution is -2.21. The smallest absolute Gasteiger partial charge is 0.490 e. The molecule has 0 radical (unpaired) electrons. The van der Waals surface area contributed by atoms with Crippen molar-refractivity contribution in [3.8, 4) is 0 Å². The number of halogens is 3. The van der Waals surface area contributed by atoms with E-state index in [0.717, 1.165) is 11.3 Å². The van der Waals surface area contributed by atoms with Crippen molar-refractivity contribution in [2.24, 2.45) is 0 Å². The minimum absolute atomic E-state index is 0.652. The number of fused-ring (bicyclic) bond motifs is 1. The predicted molar refractivity (Wildman–Crippen MR) is 51.8 cm³/mol. The molecule has 92 valence electrons. The number of hydrogen-bond acceptors (Lipinski definition) is 3. The molecule has 2 heterocycles. The Hall–Kier alpha value is -2.05. The highest BCUT2D eigenvalue weighted by Crippen LogP contribution is 2.13. The Labute approximate surface area is 94.4 Å². The molecule has 0 aromatic carbocycles. The quantitative estimate of drug-likeness (QED) is 0.763. The largest absolute Gasteiger partial charge is 0.496 e. The van der Waals surface area contributed by atoms with Gasteiger partial charge in [-0.15, -0.1) is 0 Å². The molecule has 4 nitrogen and oxygen atoms in total. The fourth-order valence-electron chi connectivity index (χ4n) is 0.973. The van der Waals surface area contributed by atoms with Gasteiger partial charge in [0.25, 0.3) is 0 Å². The Balaban J connectivity index is 0.000000185. The maximum absolute atomic E-state index is 10.6. The van der Waals surface area contributed by atoms with Gasteiger partial charge in [-0.05, 0) is 12.1 Å². The second kappa shape index (κ2) is 5.33. The fraction of sp³-hybridized carbons (Fsp3) is 0.200. The molecule has 0 fully saturated rings. The van der Waals surface area contributed by atoms with E-state index in [2.05, 4.69) is 4.98 Å². The van der Waals surface area contributed by atoms with E-state index in [1.54, 1.807) is 12.5 Å². The summed E-state index contributed by atoms with van der Waals surface area (Å²) in [5.41, 5.74) is 2.18. The van der Waals surface area contributed by atoms with Gasteiger partial charge in [-0.2, -0.15) is 13.2 Å². The molecule has 1 aliphatic rings. The molecule has 2 rings (SSSR count). The molecule has 0 saturated heterocycles. The molecule has 0 spiro atoms. The summed E-state index contributed by atoms with van der Waals surface area (Å²) in [6.45, 7) is 0.652. The van der Waals surface area contributed by atoms with E-state index in [9.17, 15) is 13.2 Å². The van der Waals surface area contributed by atoms with Crippen LogP contribution in [0.3, 0.4) is 0 Å². The van der Waals surface area contributed by atoms with Gasteiger partial charge in [0, 0.05) is 11.8 Å². The van der Waals surface area contributed by atoms with Crippen molar-refractivity contribution in [2.75, 3.05) is 0 Å². The molecule has 0 atom stereocenters. The van der Waals surface area contributed by atoms with Crippen molar-refractivity contribution < 1.29 is 27.8 Å². The number of rotatable bonds is 0. The standard InChI is InChI=1S/C8H7NO.C2HF3O2/c1-2-7-6-10-5-3-8(7)9-4-1;3-2(4,5)1(6)7/h1-5H,6H2;(H,6,7). The molecule has 17 heavy (non-hydrogen) atoms. The van der Waals surface area contributed by atoms with Crippen LogP contribution in [-0.2, 0) is 16.1 Å². The van der Waals surface area contributed by atoms with Crippen molar-refractivity contribution in [3.63, 3.8) is 0 Å². The van der Waals surface area contributed by atoms with Crippen LogP contribution >= 0.6 is 0 Å². The van der Waals surface area contributed by atoms with Crippen LogP contribution in [0.4, 0.5) is 13.2 Å². The Morgan fingerprint density at radius 1 is 1.47 bits per heavy atom. The third kappa shape index (κ3) is 4.13. The van der Waals surface area contributed by atoms with Gasteiger partial charge in [-0.1, -0.05) is 6.07 Å². The number of aliphatic carboxylic acids is 1. The number of nitrogens with zero attached hydrogens (tertiary/aromatic N) is 1. The fourth-order valence-corrected chi connectivity index (χ4v) is 0.973. The van der Waals surface area contributed by atoms with Crippen LogP contribution < -0.4 is 0 Å². The monoisotopic (exact) mass is 247 g/mol. The number of alkyl halides is 3. The number of ether oxygens (including phenoxy) is 1. The van der Waals surface area contributed by atoms with Crippen LogP contribution in [0, 0.1) is 0 Å². The summed E-state index contributed by atoms with van der Waals surface area (Å²) in [7, 11) is 0. The Kier molecular flexibility index (Phi) is 4.08. The van der Waals surface area contributed by atoms with E-state index in [4.69, 9.17) is 14.6 Å². The maximum Gasteiger partial charge on any atom is 0.490 e. The summed E-state index contributed by atoms with van der Waals surface area (Å²) in [6.07, 6.45) is 0.253. The van der Waals surface area contributed by atoms with Crippen LogP contribution in [0.2, 0.25) is 0 Å². The predicted octanol–water partition coefficient (Wildman–Crippen LogP) is 2.22. The first-order valence-corrected chi connectivity index (χ1v) is 4.43. The van der Waals surface area contributed by atoms with E-state index in [1.807, 2.05) is 18.2 Å². The van der Waals surface area contributed by atoms with E-state index in [1.165, 1.54) is 0 Å². The van der Waals surface area contributed by atoms with Gasteiger partial charge in [0.05, 0.1) is 12.0 Å². The number of aromatic nitrogens is 1. The van der Waals surface area contributed by atoms with Gasteiger partial charge >= 0.3 is 12.1 Å². The minimum Gasteiger partial charge on any atom is -0.496 e. The van der Waals surface area contributed by atoms with Crippen LogP contribution in [0.15, 0.2) is 24.6 Å². The molecule has 0 unspecified atom stereocenters. The number of carboxylic acids is 1. The van der Waals surface area contributed by atoms with Crippen LogP contribution in [0.5, 0.6) is 0 Å². The summed E-state index contributed by atoms with van der Waals surface area (Å²) in [4.78, 5) is 13.0. The second-order valence-electron chi connectivity index (χ2n) is 2.96. The molecule has 0 saturated carbocycles. The van der Waals surface area contributed by atoms with E-state index in [0.29, 0.717) is 6.61 Å². The Bertz CT molecular complexity index is 429. The first-order valence-electron chi connectivity index (χ1n) is 4.43. The van der Waals surface area contributed by atoms with Gasteiger partial charge < -0.3 is 9.84 Å². The summed E-state index contributed by atoms with van der Waals surface area (Å²) in [5.74, 6) is -2.76. The number of pyridine rings is 1. The highest BCUT2D eigenvalue weighted by Gasteiger charge is 2.38. The van der Waals surface area contributed by atoms with Gasteiger partial charge in [-0.25, -0.2) is 4.79 Å². The van der Waals surface area contributed by atoms with Gasteiger partial charge in [0.2, 0.25) is 0 Å². The summed E-state index contributed by atoms with van der Waals surface area (Å²) in [6, 6.07) is 3.94. The van der Waals surface area contributed by atoms with Gasteiger partial charge in [0.1, 0.15) is 6.61 Å². The Morgan fingerprint density at radius 2 is 2.12 bits per heavy atom. The van der Waals surface area contributed by atoms with E-state index in [-0.39, 0.29) is 0 Å². The molecule has 1 N–H and O–H groups in total. The van der Waals surface area contributed by atoms with Crippen LogP contribution in [0.25, 0.3) is 6.08 Å². The first-order chi connectivity index (χ1) is 7.91. The minimum atomic E-state index is -5.08. The topological polar surface area (TPSA) is 59.4 Å². The lowest BCUT2D eigenvalue weighted by atomic mass is 10.2. The summed E-state index contributed by atoms with van der Waals surface area (Å²) in [5, 5.41) is 7.12. The third-order valence-electron chi connectivity index (χ3n) is 1.73. The number of hydrogen-bond donors (Lipinski definition) is 1. The maximum atomic E-state index is 10.6. The van der Waals surface area contributed by atoms with Crippen molar-refractivity contribution >= 4 is 12.0 Å². The molecule has 7 heteroatoms. The van der Waals surface area contributed by atoms with Crippen molar-refractivity contribution in [3.05, 3.63) is 35.8 Å². The average molecular weight is 247 g/mol. The normalized spacial score (nSPS) is 12.9. The first kappa shape index (κ1) is 13.0. The van der Waals surface area contributed by atoms with Crippen molar-refractivity contribution in [1.29, 1.82) is 0 Å². The molecular weight excluding hydrogens is 239 g/mol. The zero-order chi connectivity index (χ0) is 12.9. The SMILES string of the molecule is C1=Cc2ncccc2CO1.O=C(O)C(F)(F)F. The molecule has 1 aromatic rings. The van der Waals surface area contributed by atoms with Crippen LogP contribution in [0.1, 0.15) is 11.3 Å². The van der Waals surface area contributed by atoms with E-state index < -0.39 is 12.1 Å². The lowest BCUT2D eigenvalue weighted by Gasteiger charge is -2.08. The second-order valence-corrected chi connectivity index (χ2v) is 2.96. The van der Waals surface area contributed by atoms with Crippen LogP contribution in [-0.4, -0.2) is 22.2 Å². The summed E-state index contributed by atoms with van der Waals surface area (Å²) >= 11 is 0. The summed E-state index contributed by atoms with van der Waals surface area (Å²) < 4.78 is 36.8. The molecule has 1 aromatic heterocycles. The third-order valence-corrected chi connectivity index (χ3v) is 1.73. The highest BCUT2D eigenvalue weighted by molar-refractivity contribution is 5.73. The molecular formula is C10H8F3NO3. The van der Waals surface area contributed by atoms with Gasteiger partial charge in [0.15, 0.2) is 0 Å². The highest BCUT2D eigenvalue weighted by atomic mass is 19.4. The Morgan fingerprint density at radius 3 is 2.65 bits per heavy atom. The average Bonchev–Trinajstić information content (AvgIpc) is 2.29. The van der Waals surface area contributed by atoms with Gasteiger partial charge in [-0.3, -0.25) is 4.98 Å². The molecule has 0 bridgehead atoms. The zero-order valence-corrected chi connectivity index (χ0v) is 8.44. The molecule has 1 aliphatic heterocycles. The van der Waals surface area contributed by atoms with Crippen molar-refractivity contribution in [1.82, 2.24) is 4.98 Å². The lowest BCUT2D eigenvalue weighted by molar-refractivity contribution is -0.192. The molecule has 0 aliphatic carbocycles. The van der Waals surface area contributed by atoms with Crippen molar-refractivity contribution in [2.45, 2.75) is 12.8 Å².